The van der Waals surface area contributed by atoms with Crippen molar-refractivity contribution in [1.29, 1.82) is 0 Å². The summed E-state index contributed by atoms with van der Waals surface area (Å²) in [6, 6.07) is 0. The second-order valence-electron chi connectivity index (χ2n) is 4.82. The predicted molar refractivity (Wildman–Crippen MR) is 63.0 cm³/mol. The number of hydrogen-bond donors (Lipinski definition) is 0. The molecule has 1 rings (SSSR count). The van der Waals surface area contributed by atoms with Crippen molar-refractivity contribution in [2.24, 2.45) is 0 Å². The first-order chi connectivity index (χ1) is 6.88. The molecule has 0 aromatic heterocycles. The van der Waals surface area contributed by atoms with E-state index in [-0.39, 0.29) is 16.4 Å². The van der Waals surface area contributed by atoms with Gasteiger partial charge in [0.2, 0.25) is 5.91 Å². The first kappa shape index (κ1) is 12.6. The van der Waals surface area contributed by atoms with Gasteiger partial charge >= 0.3 is 0 Å². The lowest BCUT2D eigenvalue weighted by Crippen LogP contribution is -2.40. The van der Waals surface area contributed by atoms with E-state index in [0.717, 1.165) is 0 Å². The number of piperidine rings is 1. The highest BCUT2D eigenvalue weighted by Gasteiger charge is 2.22. The summed E-state index contributed by atoms with van der Waals surface area (Å²) in [7, 11) is 0. The van der Waals surface area contributed by atoms with E-state index in [4.69, 9.17) is 0 Å². The van der Waals surface area contributed by atoms with Crippen molar-refractivity contribution >= 4 is 23.5 Å². The molecule has 1 saturated heterocycles. The second kappa shape index (κ2) is 5.01. The molecule has 0 radical (unpaired) electrons. The predicted octanol–water partition coefficient (Wildman–Crippen LogP) is 1.71. The summed E-state index contributed by atoms with van der Waals surface area (Å²) in [5.41, 5.74) is 0. The van der Waals surface area contributed by atoms with Gasteiger partial charge in [-0.25, -0.2) is 0 Å². The number of thioether (sulfide) groups is 1. The van der Waals surface area contributed by atoms with Crippen molar-refractivity contribution in [3.05, 3.63) is 0 Å². The molecule has 0 spiro atoms. The van der Waals surface area contributed by atoms with E-state index in [9.17, 15) is 9.59 Å². The molecule has 0 bridgehead atoms. The Morgan fingerprint density at radius 1 is 1.33 bits per heavy atom. The number of carbonyl (C=O) groups is 2. The topological polar surface area (TPSA) is 37.4 Å². The normalized spacial score (nSPS) is 18.1. The maximum Gasteiger partial charge on any atom is 0.232 e. The quantitative estimate of drug-likeness (QED) is 0.723. The lowest BCUT2D eigenvalue weighted by molar-refractivity contribution is -0.132. The molecule has 0 aromatic carbocycles. The number of ketones is 1. The van der Waals surface area contributed by atoms with Crippen LogP contribution in [0.15, 0.2) is 0 Å². The second-order valence-corrected chi connectivity index (χ2v) is 6.62. The van der Waals surface area contributed by atoms with Crippen LogP contribution in [0.4, 0.5) is 0 Å². The minimum absolute atomic E-state index is 0.126. The van der Waals surface area contributed by atoms with Crippen molar-refractivity contribution in [3.8, 4) is 0 Å². The maximum absolute atomic E-state index is 11.7. The number of likely N-dealkylation sites (tertiary alicyclic amines) is 1. The molecule has 1 aliphatic heterocycles. The Kier molecular flexibility index (Phi) is 4.20. The summed E-state index contributed by atoms with van der Waals surface area (Å²) in [4.78, 5) is 24.6. The minimum atomic E-state index is 0.126. The fourth-order valence-electron chi connectivity index (χ4n) is 1.38. The van der Waals surface area contributed by atoms with E-state index in [1.165, 1.54) is 0 Å². The number of nitrogens with zero attached hydrogens (tertiary/aromatic N) is 1. The number of rotatable bonds is 2. The van der Waals surface area contributed by atoms with E-state index in [1.54, 1.807) is 16.7 Å². The van der Waals surface area contributed by atoms with Gasteiger partial charge < -0.3 is 4.90 Å². The van der Waals surface area contributed by atoms with Gasteiger partial charge in [-0.3, -0.25) is 9.59 Å². The number of amides is 1. The molecule has 0 unspecified atom stereocenters. The maximum atomic E-state index is 11.7. The van der Waals surface area contributed by atoms with Gasteiger partial charge in [0.15, 0.2) is 0 Å². The molecular weight excluding hydrogens is 210 g/mol. The molecule has 1 aliphatic rings. The first-order valence-electron chi connectivity index (χ1n) is 5.32. The Morgan fingerprint density at radius 3 is 2.33 bits per heavy atom. The minimum Gasteiger partial charge on any atom is -0.341 e. The molecule has 0 aliphatic carbocycles. The molecular formula is C11H19NO2S. The van der Waals surface area contributed by atoms with Crippen LogP contribution in [0.1, 0.15) is 33.6 Å². The third-order valence-electron chi connectivity index (χ3n) is 2.30. The fraction of sp³-hybridized carbons (Fsp3) is 0.818. The van der Waals surface area contributed by atoms with Crippen LogP contribution >= 0.6 is 11.8 Å². The van der Waals surface area contributed by atoms with Crippen LogP contribution in [-0.2, 0) is 9.59 Å². The van der Waals surface area contributed by atoms with Crippen molar-refractivity contribution in [2.45, 2.75) is 38.4 Å². The van der Waals surface area contributed by atoms with E-state index in [0.29, 0.717) is 31.7 Å². The van der Waals surface area contributed by atoms with Crippen LogP contribution < -0.4 is 0 Å². The van der Waals surface area contributed by atoms with Gasteiger partial charge in [0, 0.05) is 30.7 Å². The van der Waals surface area contributed by atoms with Gasteiger partial charge in [0.05, 0.1) is 5.75 Å². The summed E-state index contributed by atoms with van der Waals surface area (Å²) < 4.78 is 0.126. The summed E-state index contributed by atoms with van der Waals surface area (Å²) in [6.07, 6.45) is 1.07. The highest BCUT2D eigenvalue weighted by Crippen LogP contribution is 2.23. The van der Waals surface area contributed by atoms with Crippen LogP contribution in [0, 0.1) is 0 Å². The zero-order valence-electron chi connectivity index (χ0n) is 9.71. The lowest BCUT2D eigenvalue weighted by atomic mass is 10.1. The Bertz CT molecular complexity index is 248. The SMILES string of the molecule is CC(C)(C)SCC(=O)N1CCC(=O)CC1. The van der Waals surface area contributed by atoms with Crippen LogP contribution in [0.2, 0.25) is 0 Å². The third-order valence-corrected chi connectivity index (χ3v) is 3.56. The number of hydrogen-bond acceptors (Lipinski definition) is 3. The van der Waals surface area contributed by atoms with Crippen molar-refractivity contribution in [1.82, 2.24) is 4.90 Å². The molecule has 1 fully saturated rings. The summed E-state index contributed by atoms with van der Waals surface area (Å²) >= 11 is 1.66. The Balaban J connectivity index is 2.31. The standard InChI is InChI=1S/C11H19NO2S/c1-11(2,3)15-8-10(14)12-6-4-9(13)5-7-12/h4-8H2,1-3H3. The Labute approximate surface area is 95.6 Å². The molecule has 4 heteroatoms. The van der Waals surface area contributed by atoms with Gasteiger partial charge in [-0.05, 0) is 0 Å². The van der Waals surface area contributed by atoms with Gasteiger partial charge in [-0.15, -0.1) is 11.8 Å². The van der Waals surface area contributed by atoms with Crippen molar-refractivity contribution < 1.29 is 9.59 Å². The smallest absolute Gasteiger partial charge is 0.232 e. The highest BCUT2D eigenvalue weighted by molar-refractivity contribution is 8.01. The molecule has 0 N–H and O–H groups in total. The van der Waals surface area contributed by atoms with Gasteiger partial charge in [-0.1, -0.05) is 20.8 Å². The Morgan fingerprint density at radius 2 is 1.87 bits per heavy atom. The number of Topliss-reactive ketones (excluding diaryl/α,β-unsaturated/α-hetero) is 1. The summed E-state index contributed by atoms with van der Waals surface area (Å²) in [6.45, 7) is 7.53. The van der Waals surface area contributed by atoms with E-state index in [1.807, 2.05) is 0 Å². The van der Waals surface area contributed by atoms with E-state index < -0.39 is 0 Å². The summed E-state index contributed by atoms with van der Waals surface area (Å²) in [5.74, 6) is 0.975. The van der Waals surface area contributed by atoms with Crippen LogP contribution in [0.3, 0.4) is 0 Å². The molecule has 86 valence electrons. The van der Waals surface area contributed by atoms with E-state index in [2.05, 4.69) is 20.8 Å². The van der Waals surface area contributed by atoms with Crippen molar-refractivity contribution in [3.63, 3.8) is 0 Å². The van der Waals surface area contributed by atoms with Crippen LogP contribution in [-0.4, -0.2) is 40.2 Å². The Hall–Kier alpha value is -0.510. The average Bonchev–Trinajstić information content (AvgIpc) is 2.14. The lowest BCUT2D eigenvalue weighted by Gasteiger charge is -2.27. The largest absolute Gasteiger partial charge is 0.341 e. The average molecular weight is 229 g/mol. The molecule has 1 amide bonds. The fourth-order valence-corrected chi connectivity index (χ4v) is 2.11. The van der Waals surface area contributed by atoms with Crippen molar-refractivity contribution in [2.75, 3.05) is 18.8 Å². The molecule has 0 saturated carbocycles. The highest BCUT2D eigenvalue weighted by atomic mass is 32.2. The molecule has 1 heterocycles. The molecule has 15 heavy (non-hydrogen) atoms. The molecule has 0 atom stereocenters. The van der Waals surface area contributed by atoms with Crippen LogP contribution in [0.25, 0.3) is 0 Å². The third kappa shape index (κ3) is 4.69. The first-order valence-corrected chi connectivity index (χ1v) is 6.30. The van der Waals surface area contributed by atoms with E-state index >= 15 is 0 Å². The van der Waals surface area contributed by atoms with Gasteiger partial charge in [0.25, 0.3) is 0 Å². The van der Waals surface area contributed by atoms with Crippen LogP contribution in [0.5, 0.6) is 0 Å². The monoisotopic (exact) mass is 229 g/mol. The zero-order valence-corrected chi connectivity index (χ0v) is 10.5. The van der Waals surface area contributed by atoms with Gasteiger partial charge in [0.1, 0.15) is 5.78 Å². The zero-order chi connectivity index (χ0) is 11.5. The van der Waals surface area contributed by atoms with Gasteiger partial charge in [-0.2, -0.15) is 0 Å². The summed E-state index contributed by atoms with van der Waals surface area (Å²) in [5, 5.41) is 0. The molecule has 3 nitrogen and oxygen atoms in total. The number of carbonyl (C=O) groups excluding carboxylic acids is 2. The molecule has 0 aromatic rings.